The van der Waals surface area contributed by atoms with Crippen LogP contribution in [0.5, 0.6) is 11.5 Å². The Morgan fingerprint density at radius 2 is 2.08 bits per heavy atom. The van der Waals surface area contributed by atoms with Gasteiger partial charge >= 0.3 is 0 Å². The molecule has 1 N–H and O–H groups in total. The van der Waals surface area contributed by atoms with Crippen molar-refractivity contribution in [2.75, 3.05) is 31.6 Å². The number of aromatic nitrogens is 6. The van der Waals surface area contributed by atoms with Crippen LogP contribution in [0.2, 0.25) is 5.02 Å². The number of nitrogens with zero attached hydrogens (tertiary/aromatic N) is 7. The summed E-state index contributed by atoms with van der Waals surface area (Å²) in [7, 11) is 1.85. The largest absolute Gasteiger partial charge is 0.454 e. The van der Waals surface area contributed by atoms with E-state index in [9.17, 15) is 9.18 Å². The molecule has 0 aliphatic carbocycles. The van der Waals surface area contributed by atoms with Crippen LogP contribution in [-0.2, 0) is 23.7 Å². The van der Waals surface area contributed by atoms with Crippen molar-refractivity contribution >= 4 is 40.3 Å². The molecule has 0 radical (unpaired) electrons. The third-order valence-electron chi connectivity index (χ3n) is 6.99. The van der Waals surface area contributed by atoms with Gasteiger partial charge in [-0.05, 0) is 19.4 Å². The van der Waals surface area contributed by atoms with Crippen LogP contribution in [0.4, 0.5) is 16.2 Å². The summed E-state index contributed by atoms with van der Waals surface area (Å²) < 4.78 is 22.8. The second kappa shape index (κ2) is 11.1. The van der Waals surface area contributed by atoms with Gasteiger partial charge in [0, 0.05) is 62.5 Å². The number of carbonyl (C=O) groups excluding carboxylic acids is 1. The summed E-state index contributed by atoms with van der Waals surface area (Å²) in [6.45, 7) is 9.73. The van der Waals surface area contributed by atoms with E-state index in [1.807, 2.05) is 17.7 Å². The highest BCUT2D eigenvalue weighted by molar-refractivity contribution is 6.36. The predicted octanol–water partition coefficient (Wildman–Crippen LogP) is 5.39. The van der Waals surface area contributed by atoms with E-state index in [0.717, 1.165) is 25.2 Å². The summed E-state index contributed by atoms with van der Waals surface area (Å²) in [5, 5.41) is 8.61. The van der Waals surface area contributed by atoms with Crippen molar-refractivity contribution in [1.82, 2.24) is 34.2 Å². The van der Waals surface area contributed by atoms with Crippen molar-refractivity contribution in [3.8, 4) is 11.5 Å². The molecule has 5 rings (SSSR count). The van der Waals surface area contributed by atoms with Crippen LogP contribution in [0.15, 0.2) is 30.6 Å². The fourth-order valence-corrected chi connectivity index (χ4v) is 5.34. The number of alkyl halides is 1. The summed E-state index contributed by atoms with van der Waals surface area (Å²) in [6, 6.07) is 5.63. The normalized spacial score (nSPS) is 16.1. The third-order valence-corrected chi connectivity index (χ3v) is 7.35. The molecule has 0 aromatic carbocycles. The highest BCUT2D eigenvalue weighted by Gasteiger charge is 2.30. The van der Waals surface area contributed by atoms with Gasteiger partial charge in [-0.1, -0.05) is 32.4 Å². The first kappa shape index (κ1) is 28.0. The molecule has 4 aromatic rings. The maximum absolute atomic E-state index is 12.9. The number of halogens is 2. The highest BCUT2D eigenvalue weighted by Crippen LogP contribution is 2.36. The quantitative estimate of drug-likeness (QED) is 0.286. The second-order valence-electron chi connectivity index (χ2n) is 11.2. The van der Waals surface area contributed by atoms with Gasteiger partial charge in [0.2, 0.25) is 5.95 Å². The third kappa shape index (κ3) is 5.80. The number of anilines is 2. The zero-order valence-electron chi connectivity index (χ0n) is 23.4. The van der Waals surface area contributed by atoms with Crippen molar-refractivity contribution in [3.05, 3.63) is 47.0 Å². The first-order valence-corrected chi connectivity index (χ1v) is 13.7. The van der Waals surface area contributed by atoms with Gasteiger partial charge in [0.1, 0.15) is 28.7 Å². The van der Waals surface area contributed by atoms with Gasteiger partial charge < -0.3 is 14.6 Å². The zero-order valence-corrected chi connectivity index (χ0v) is 24.2. The van der Waals surface area contributed by atoms with Gasteiger partial charge in [0.15, 0.2) is 17.2 Å². The lowest BCUT2D eigenvalue weighted by molar-refractivity contribution is -0.116. The number of carbonyl (C=O) groups is 1. The molecule has 0 bridgehead atoms. The number of ether oxygens (including phenoxy) is 1. The SMILES string of the molecule is CC(=O)Cc1cc(Oc2cnc3nc(Nc4cc(C(C)(C)C)n([C@@H]5CCN(CCF)C5)n4)n(C)c3c2Cl)ccn1. The Labute approximate surface area is 237 Å². The molecule has 5 heterocycles. The van der Waals surface area contributed by atoms with Crippen LogP contribution in [0.1, 0.15) is 51.5 Å². The van der Waals surface area contributed by atoms with E-state index < -0.39 is 0 Å². The van der Waals surface area contributed by atoms with E-state index in [1.165, 1.54) is 13.1 Å². The zero-order chi connectivity index (χ0) is 28.6. The number of imidazole rings is 1. The summed E-state index contributed by atoms with van der Waals surface area (Å²) >= 11 is 6.78. The first-order valence-electron chi connectivity index (χ1n) is 13.3. The van der Waals surface area contributed by atoms with Gasteiger partial charge in [0.05, 0.1) is 17.9 Å². The number of likely N-dealkylation sites (tertiary alicyclic amines) is 1. The van der Waals surface area contributed by atoms with Gasteiger partial charge in [-0.15, -0.1) is 0 Å². The Morgan fingerprint density at radius 3 is 2.80 bits per heavy atom. The number of nitrogens with one attached hydrogen (secondary N) is 1. The van der Waals surface area contributed by atoms with E-state index in [2.05, 4.69) is 50.6 Å². The van der Waals surface area contributed by atoms with Crippen LogP contribution in [0, 0.1) is 0 Å². The molecule has 1 atom stereocenters. The average molecular weight is 569 g/mol. The maximum Gasteiger partial charge on any atom is 0.210 e. The molecule has 4 aromatic heterocycles. The highest BCUT2D eigenvalue weighted by atomic mass is 35.5. The Balaban J connectivity index is 1.42. The van der Waals surface area contributed by atoms with Crippen molar-refractivity contribution in [3.63, 3.8) is 0 Å². The fourth-order valence-electron chi connectivity index (χ4n) is 5.04. The standard InChI is InChI=1S/C28H34ClFN8O2/c1-17(39)12-18-13-20(6-9-31-18)40-21-15-32-26-25(24(21)29)36(5)27(34-26)33-23-14-22(28(2,3)4)38(35-23)19-7-10-37(16-19)11-8-30/h6,9,13-15,19H,7-8,10-12,16H2,1-5H3,(H,32,33,34,35)/t19-/m1/s1. The predicted molar refractivity (Wildman–Crippen MR) is 152 cm³/mol. The number of Topliss-reactive ketones (excluding diaryl/α,β-unsaturated/α-hetero) is 1. The summed E-state index contributed by atoms with van der Waals surface area (Å²) in [6.07, 6.45) is 4.27. The van der Waals surface area contributed by atoms with Crippen molar-refractivity contribution in [2.24, 2.45) is 7.05 Å². The minimum Gasteiger partial charge on any atom is -0.454 e. The first-order chi connectivity index (χ1) is 19.0. The van der Waals surface area contributed by atoms with Crippen LogP contribution in [0.25, 0.3) is 11.2 Å². The lowest BCUT2D eigenvalue weighted by Gasteiger charge is -2.23. The minimum absolute atomic E-state index is 0.0159. The Morgan fingerprint density at radius 1 is 1.27 bits per heavy atom. The molecule has 0 spiro atoms. The van der Waals surface area contributed by atoms with Gasteiger partial charge in [-0.3, -0.25) is 19.4 Å². The minimum atomic E-state index is -0.343. The monoisotopic (exact) mass is 568 g/mol. The van der Waals surface area contributed by atoms with E-state index >= 15 is 0 Å². The van der Waals surface area contributed by atoms with Gasteiger partial charge in [0.25, 0.3) is 0 Å². The number of hydrogen-bond acceptors (Lipinski definition) is 8. The molecule has 212 valence electrons. The molecule has 0 saturated carbocycles. The molecule has 1 saturated heterocycles. The van der Waals surface area contributed by atoms with E-state index in [1.54, 1.807) is 18.3 Å². The van der Waals surface area contributed by atoms with E-state index in [0.29, 0.717) is 51.7 Å². The molecule has 1 fully saturated rings. The van der Waals surface area contributed by atoms with Gasteiger partial charge in [-0.2, -0.15) is 10.1 Å². The lowest BCUT2D eigenvalue weighted by Crippen LogP contribution is -2.26. The number of fused-ring (bicyclic) bond motifs is 1. The molecular weight excluding hydrogens is 535 g/mol. The Kier molecular flexibility index (Phi) is 7.78. The van der Waals surface area contributed by atoms with E-state index in [-0.39, 0.29) is 30.3 Å². The lowest BCUT2D eigenvalue weighted by atomic mass is 9.91. The smallest absolute Gasteiger partial charge is 0.210 e. The number of ketones is 1. The molecule has 10 nitrogen and oxygen atoms in total. The molecule has 1 aliphatic rings. The molecule has 40 heavy (non-hydrogen) atoms. The topological polar surface area (TPSA) is 103 Å². The van der Waals surface area contributed by atoms with E-state index in [4.69, 9.17) is 21.4 Å². The average Bonchev–Trinajstić information content (AvgIpc) is 3.59. The maximum atomic E-state index is 12.9. The summed E-state index contributed by atoms with van der Waals surface area (Å²) in [4.78, 5) is 27.0. The number of hydrogen-bond donors (Lipinski definition) is 1. The van der Waals surface area contributed by atoms with Crippen molar-refractivity contribution < 1.29 is 13.9 Å². The Bertz CT molecular complexity index is 1540. The van der Waals surface area contributed by atoms with Crippen molar-refractivity contribution in [2.45, 2.75) is 52.0 Å². The fraction of sp³-hybridized carbons (Fsp3) is 0.464. The molecule has 1 aliphatic heterocycles. The van der Waals surface area contributed by atoms with Crippen LogP contribution in [0.3, 0.4) is 0 Å². The number of aryl methyl sites for hydroxylation is 1. The molecule has 0 amide bonds. The Hall–Kier alpha value is -3.57. The molecule has 0 unspecified atom stereocenters. The molecule has 12 heteroatoms. The van der Waals surface area contributed by atoms with Crippen LogP contribution < -0.4 is 10.1 Å². The van der Waals surface area contributed by atoms with Crippen LogP contribution in [-0.4, -0.2) is 66.3 Å². The number of rotatable bonds is 9. The van der Waals surface area contributed by atoms with Crippen LogP contribution >= 0.6 is 11.6 Å². The number of pyridine rings is 2. The van der Waals surface area contributed by atoms with Crippen molar-refractivity contribution in [1.29, 1.82) is 0 Å². The molecular formula is C28H34ClFN8O2. The van der Waals surface area contributed by atoms with Gasteiger partial charge in [-0.25, -0.2) is 9.37 Å². The summed E-state index contributed by atoms with van der Waals surface area (Å²) in [5.74, 6) is 2.08. The summed E-state index contributed by atoms with van der Waals surface area (Å²) in [5.41, 5.74) is 2.63. The second-order valence-corrected chi connectivity index (χ2v) is 11.6.